The second-order valence-electron chi connectivity index (χ2n) is 0. The van der Waals surface area contributed by atoms with Gasteiger partial charge in [0.15, 0.2) is 0 Å². The first-order valence-electron chi connectivity index (χ1n) is 0. The molecule has 0 aromatic heterocycles. The maximum atomic E-state index is 0. The van der Waals surface area contributed by atoms with E-state index in [9.17, 15) is 0 Å². The van der Waals surface area contributed by atoms with E-state index in [0.29, 0.717) is 0 Å². The Labute approximate surface area is 162 Å². The third-order valence-electron chi connectivity index (χ3n) is 0. The minimum atomic E-state index is 0. The van der Waals surface area contributed by atoms with E-state index in [0.717, 1.165) is 0 Å². The Morgan fingerprint density at radius 1 is 0.200 bits per heavy atom. The van der Waals surface area contributed by atoms with Gasteiger partial charge in [0.1, 0.15) is 0 Å². The first kappa shape index (κ1) is 121. The van der Waals surface area contributed by atoms with Crippen LogP contribution in [0.5, 0.6) is 0 Å². The minimum Gasteiger partial charge on any atom is -2.00 e. The van der Waals surface area contributed by atoms with E-state index in [2.05, 4.69) is 0 Å². The van der Waals surface area contributed by atoms with Gasteiger partial charge < -0.3 is 67.5 Å². The Bertz CT molecular complexity index is 10.0. The molecule has 0 fully saturated rings. The number of hydrogen-bond donors (Lipinski definition) is 0. The number of rotatable bonds is 0. The van der Waals surface area contributed by atoms with Gasteiger partial charge in [-0.05, 0) is 0 Å². The van der Waals surface area contributed by atoms with Crippen molar-refractivity contribution in [3.8, 4) is 0 Å². The molecule has 0 heterocycles. The molecule has 0 aliphatic carbocycles. The van der Waals surface area contributed by atoms with Crippen LogP contribution in [0.15, 0.2) is 0 Å². The van der Waals surface area contributed by atoms with Crippen molar-refractivity contribution in [2.75, 3.05) is 0 Å². The molecule has 0 saturated carbocycles. The molecule has 0 spiro atoms. The maximum Gasteiger partial charge on any atom is 2.00 e. The van der Waals surface area contributed by atoms with Crippen LogP contribution in [0.4, 0.5) is 0 Å². The quantitative estimate of drug-likeness (QED) is 0.422. The van der Waals surface area contributed by atoms with Crippen LogP contribution in [0.25, 0.3) is 0 Å². The van der Waals surface area contributed by atoms with Crippen molar-refractivity contribution in [3.05, 3.63) is 0 Å². The predicted octanol–water partition coefficient (Wildman–Crippen LogP) is -0.0245. The average molecular weight is 487 g/mol. The van der Waals surface area contributed by atoms with Gasteiger partial charge in [0.25, 0.3) is 0 Å². The summed E-state index contributed by atoms with van der Waals surface area (Å²) in [4.78, 5) is 0. The molecule has 0 aromatic carbocycles. The number of hydrogen-bond acceptors (Lipinski definition) is 0. The Morgan fingerprint density at radius 2 is 0.200 bits per heavy atom. The third-order valence-corrected chi connectivity index (χ3v) is 0. The topological polar surface area (TPSA) is 0 Å². The molecule has 0 aliphatic heterocycles. The van der Waals surface area contributed by atoms with E-state index in [4.69, 9.17) is 0 Å². The van der Waals surface area contributed by atoms with Crippen LogP contribution in [-0.4, -0.2) is 0 Å². The fourth-order valence-electron chi connectivity index (χ4n) is 0. The van der Waals surface area contributed by atoms with Crippen molar-refractivity contribution < 1.29 is 97.4 Å². The maximum absolute atomic E-state index is 0. The van der Waals surface area contributed by atoms with Gasteiger partial charge in [0, 0.05) is 0 Å². The van der Waals surface area contributed by atoms with Gasteiger partial charge in [-0.1, -0.05) is 0 Å². The summed E-state index contributed by atoms with van der Waals surface area (Å²) >= 11 is 0. The molecule has 10 heavy (non-hydrogen) atoms. The van der Waals surface area contributed by atoms with Crippen molar-refractivity contribution >= 4 is 67.5 Å². The van der Waals surface area contributed by atoms with E-state index >= 15 is 0 Å². The predicted molar refractivity (Wildman–Crippen MR) is 36.8 cm³/mol. The summed E-state index contributed by atoms with van der Waals surface area (Å²) in [6.07, 6.45) is 0. The van der Waals surface area contributed by atoms with E-state index in [1.54, 1.807) is 0 Å². The van der Waals surface area contributed by atoms with Crippen LogP contribution in [0.1, 0.15) is 0 Å². The molecule has 0 unspecified atom stereocenters. The second-order valence-corrected chi connectivity index (χ2v) is 0. The first-order valence-corrected chi connectivity index (χ1v) is 0. The van der Waals surface area contributed by atoms with Crippen molar-refractivity contribution in [1.82, 2.24) is 0 Å². The zero-order valence-electron chi connectivity index (χ0n) is 5.58. The van der Waals surface area contributed by atoms with Gasteiger partial charge in [0.2, 0.25) is 0 Å². The largest absolute Gasteiger partial charge is 2.00 e. The molecule has 0 rings (SSSR count). The Balaban J connectivity index is 0. The van der Waals surface area contributed by atoms with Gasteiger partial charge >= 0.3 is 97.4 Å². The summed E-state index contributed by atoms with van der Waals surface area (Å²) < 4.78 is 0. The van der Waals surface area contributed by atoms with Crippen LogP contribution < -0.4 is 0 Å². The molecule has 0 nitrogen and oxygen atoms in total. The molecular weight excluding hydrogens is 487 g/mol. The van der Waals surface area contributed by atoms with Gasteiger partial charge in [-0.25, -0.2) is 0 Å². The molecular formula is S5Zn5. The van der Waals surface area contributed by atoms with E-state index < -0.39 is 0 Å². The molecule has 0 atom stereocenters. The molecule has 0 amide bonds. The smallest absolute Gasteiger partial charge is 2.00 e. The third kappa shape index (κ3) is 76.5. The van der Waals surface area contributed by atoms with Gasteiger partial charge in [-0.3, -0.25) is 0 Å². The average Bonchev–Trinajstić information content (AvgIpc) is 0. The zero-order chi connectivity index (χ0) is 0. The van der Waals surface area contributed by atoms with Crippen LogP contribution in [0.2, 0.25) is 0 Å². The van der Waals surface area contributed by atoms with Crippen molar-refractivity contribution in [3.63, 3.8) is 0 Å². The van der Waals surface area contributed by atoms with Crippen LogP contribution in [-0.2, 0) is 165 Å². The van der Waals surface area contributed by atoms with Gasteiger partial charge in [0.05, 0.1) is 0 Å². The standard InChI is InChI=1S/5S.5Zn/q5*-2;5*+2. The summed E-state index contributed by atoms with van der Waals surface area (Å²) in [7, 11) is 0. The van der Waals surface area contributed by atoms with Gasteiger partial charge in [-0.15, -0.1) is 0 Å². The van der Waals surface area contributed by atoms with E-state index in [1.807, 2.05) is 0 Å². The van der Waals surface area contributed by atoms with Crippen molar-refractivity contribution in [2.45, 2.75) is 0 Å². The fraction of sp³-hybridized carbons (Fsp3) is 0. The van der Waals surface area contributed by atoms with E-state index in [1.165, 1.54) is 0 Å². The fourth-order valence-corrected chi connectivity index (χ4v) is 0. The minimum absolute atomic E-state index is 0. The Hall–Kier alpha value is 4.87. The molecule has 0 saturated heterocycles. The molecule has 0 bridgehead atoms. The molecule has 0 radical (unpaired) electrons. The van der Waals surface area contributed by atoms with Crippen LogP contribution in [0, 0.1) is 0 Å². The van der Waals surface area contributed by atoms with Crippen molar-refractivity contribution in [1.29, 1.82) is 0 Å². The zero-order valence-corrected chi connectivity index (χ0v) is 24.5. The monoisotopic (exact) mass is 480 g/mol. The molecule has 40 valence electrons. The summed E-state index contributed by atoms with van der Waals surface area (Å²) in [5, 5.41) is 0. The summed E-state index contributed by atoms with van der Waals surface area (Å²) in [6.45, 7) is 0. The SMILES string of the molecule is [S-2].[S-2].[S-2].[S-2].[S-2].[Zn+2].[Zn+2].[Zn+2].[Zn+2].[Zn+2]. The summed E-state index contributed by atoms with van der Waals surface area (Å²) in [5.41, 5.74) is 0. The van der Waals surface area contributed by atoms with Crippen LogP contribution in [0.3, 0.4) is 0 Å². The Morgan fingerprint density at radius 3 is 0.200 bits per heavy atom. The molecule has 0 aromatic rings. The summed E-state index contributed by atoms with van der Waals surface area (Å²) in [5.74, 6) is 0. The normalized spacial score (nSPS) is 0. The van der Waals surface area contributed by atoms with Crippen molar-refractivity contribution in [2.24, 2.45) is 0 Å². The molecule has 0 aliphatic rings. The summed E-state index contributed by atoms with van der Waals surface area (Å²) in [6, 6.07) is 0. The van der Waals surface area contributed by atoms with Crippen LogP contribution >= 0.6 is 0 Å². The second kappa shape index (κ2) is 96.9. The van der Waals surface area contributed by atoms with Gasteiger partial charge in [-0.2, -0.15) is 0 Å². The molecule has 10 heteroatoms. The Kier molecular flexibility index (Phi) is 1170. The first-order chi connectivity index (χ1) is 0. The molecule has 0 N–H and O–H groups in total. The van der Waals surface area contributed by atoms with E-state index in [-0.39, 0.29) is 165 Å².